The number of hydrogen-bond donors (Lipinski definition) is 0. The van der Waals surface area contributed by atoms with Crippen LogP contribution in [0.4, 0.5) is 0 Å². The standard InChI is InChI=1S/C13H25NO3/c1-10(2)14-7-5-11(6-8-14)12(9-16-3)13(15)17-4/h10-12H,5-9H2,1-4H3. The first-order chi connectivity index (χ1) is 8.10. The van der Waals surface area contributed by atoms with Crippen molar-refractivity contribution in [2.45, 2.75) is 32.7 Å². The topological polar surface area (TPSA) is 38.8 Å². The quantitative estimate of drug-likeness (QED) is 0.687. The maximum atomic E-state index is 11.7. The van der Waals surface area contributed by atoms with Gasteiger partial charge in [0, 0.05) is 13.2 Å². The normalized spacial score (nSPS) is 20.5. The van der Waals surface area contributed by atoms with Gasteiger partial charge in [-0.2, -0.15) is 0 Å². The number of piperidine rings is 1. The summed E-state index contributed by atoms with van der Waals surface area (Å²) in [6, 6.07) is 0.593. The molecule has 1 heterocycles. The van der Waals surface area contributed by atoms with Crippen LogP contribution >= 0.6 is 0 Å². The van der Waals surface area contributed by atoms with Gasteiger partial charge in [-0.25, -0.2) is 0 Å². The van der Waals surface area contributed by atoms with Crippen LogP contribution in [0.15, 0.2) is 0 Å². The van der Waals surface area contributed by atoms with Gasteiger partial charge in [0.2, 0.25) is 0 Å². The minimum atomic E-state index is -0.130. The zero-order valence-corrected chi connectivity index (χ0v) is 11.4. The molecule has 0 saturated carbocycles. The highest BCUT2D eigenvalue weighted by Crippen LogP contribution is 2.27. The molecular formula is C13H25NO3. The SMILES string of the molecule is COCC(C(=O)OC)C1CCN(C(C)C)CC1. The predicted molar refractivity (Wildman–Crippen MR) is 66.8 cm³/mol. The van der Waals surface area contributed by atoms with E-state index in [0.29, 0.717) is 18.6 Å². The van der Waals surface area contributed by atoms with Crippen molar-refractivity contribution >= 4 is 5.97 Å². The molecular weight excluding hydrogens is 218 g/mol. The van der Waals surface area contributed by atoms with Crippen LogP contribution in [-0.4, -0.2) is 50.8 Å². The van der Waals surface area contributed by atoms with Gasteiger partial charge >= 0.3 is 5.97 Å². The minimum Gasteiger partial charge on any atom is -0.469 e. The largest absolute Gasteiger partial charge is 0.469 e. The summed E-state index contributed by atoms with van der Waals surface area (Å²) >= 11 is 0. The summed E-state index contributed by atoms with van der Waals surface area (Å²) in [5.41, 5.74) is 0. The molecule has 1 saturated heterocycles. The highest BCUT2D eigenvalue weighted by Gasteiger charge is 2.32. The zero-order valence-electron chi connectivity index (χ0n) is 11.4. The van der Waals surface area contributed by atoms with E-state index < -0.39 is 0 Å². The fourth-order valence-corrected chi connectivity index (χ4v) is 2.57. The molecule has 0 N–H and O–H groups in total. The summed E-state index contributed by atoms with van der Waals surface area (Å²) in [5, 5.41) is 0. The number of rotatable bonds is 5. The second-order valence-corrected chi connectivity index (χ2v) is 5.05. The molecule has 0 spiro atoms. The summed E-state index contributed by atoms with van der Waals surface area (Å²) < 4.78 is 10.00. The van der Waals surface area contributed by atoms with Crippen molar-refractivity contribution in [2.75, 3.05) is 33.9 Å². The van der Waals surface area contributed by atoms with Crippen molar-refractivity contribution in [1.29, 1.82) is 0 Å². The maximum absolute atomic E-state index is 11.7. The molecule has 0 aromatic carbocycles. The van der Waals surface area contributed by atoms with Gasteiger partial charge in [-0.1, -0.05) is 0 Å². The lowest BCUT2D eigenvalue weighted by Crippen LogP contribution is -2.42. The van der Waals surface area contributed by atoms with E-state index in [0.717, 1.165) is 25.9 Å². The Hall–Kier alpha value is -0.610. The minimum absolute atomic E-state index is 0.0979. The Labute approximate surface area is 104 Å². The second kappa shape index (κ2) is 6.97. The zero-order chi connectivity index (χ0) is 12.8. The number of carbonyl (C=O) groups excluding carboxylic acids is 1. The van der Waals surface area contributed by atoms with E-state index in [1.54, 1.807) is 7.11 Å². The van der Waals surface area contributed by atoms with E-state index in [-0.39, 0.29) is 11.9 Å². The Morgan fingerprint density at radius 1 is 1.29 bits per heavy atom. The molecule has 0 aliphatic carbocycles. The van der Waals surface area contributed by atoms with Gasteiger partial charge in [0.15, 0.2) is 0 Å². The fraction of sp³-hybridized carbons (Fsp3) is 0.923. The average Bonchev–Trinajstić information content (AvgIpc) is 2.35. The van der Waals surface area contributed by atoms with Crippen molar-refractivity contribution in [3.05, 3.63) is 0 Å². The Balaban J connectivity index is 2.51. The van der Waals surface area contributed by atoms with Crippen LogP contribution in [0.3, 0.4) is 0 Å². The van der Waals surface area contributed by atoms with Gasteiger partial charge in [-0.05, 0) is 45.7 Å². The van der Waals surface area contributed by atoms with Gasteiger partial charge in [-0.3, -0.25) is 4.79 Å². The van der Waals surface area contributed by atoms with E-state index in [2.05, 4.69) is 18.7 Å². The highest BCUT2D eigenvalue weighted by molar-refractivity contribution is 5.72. The van der Waals surface area contributed by atoms with E-state index in [1.165, 1.54) is 7.11 Å². The number of ether oxygens (including phenoxy) is 2. The molecule has 0 radical (unpaired) electrons. The molecule has 1 aliphatic rings. The van der Waals surface area contributed by atoms with E-state index >= 15 is 0 Å². The van der Waals surface area contributed by atoms with Crippen LogP contribution in [-0.2, 0) is 14.3 Å². The van der Waals surface area contributed by atoms with Gasteiger partial charge < -0.3 is 14.4 Å². The van der Waals surface area contributed by atoms with Crippen molar-refractivity contribution in [3.8, 4) is 0 Å². The Morgan fingerprint density at radius 3 is 2.29 bits per heavy atom. The molecule has 1 unspecified atom stereocenters. The predicted octanol–water partition coefficient (Wildman–Crippen LogP) is 1.54. The smallest absolute Gasteiger partial charge is 0.311 e. The molecule has 0 bridgehead atoms. The molecule has 0 aromatic rings. The van der Waals surface area contributed by atoms with Gasteiger partial charge in [0.1, 0.15) is 0 Å². The van der Waals surface area contributed by atoms with Crippen LogP contribution in [0.5, 0.6) is 0 Å². The number of hydrogen-bond acceptors (Lipinski definition) is 4. The van der Waals surface area contributed by atoms with Gasteiger partial charge in [0.05, 0.1) is 19.6 Å². The molecule has 1 fully saturated rings. The maximum Gasteiger partial charge on any atom is 0.311 e. The summed E-state index contributed by atoms with van der Waals surface area (Å²) in [6.07, 6.45) is 2.11. The monoisotopic (exact) mass is 243 g/mol. The van der Waals surface area contributed by atoms with Crippen molar-refractivity contribution in [2.24, 2.45) is 11.8 Å². The summed E-state index contributed by atoms with van der Waals surface area (Å²) in [6.45, 7) is 7.04. The van der Waals surface area contributed by atoms with Crippen LogP contribution in [0.2, 0.25) is 0 Å². The molecule has 1 rings (SSSR count). The summed E-state index contributed by atoms with van der Waals surface area (Å²) in [4.78, 5) is 14.2. The number of likely N-dealkylation sites (tertiary alicyclic amines) is 1. The second-order valence-electron chi connectivity index (χ2n) is 5.05. The third-order valence-electron chi connectivity index (χ3n) is 3.72. The molecule has 17 heavy (non-hydrogen) atoms. The first-order valence-corrected chi connectivity index (χ1v) is 6.41. The molecule has 4 heteroatoms. The van der Waals surface area contributed by atoms with Gasteiger partial charge in [0.25, 0.3) is 0 Å². The Morgan fingerprint density at radius 2 is 1.88 bits per heavy atom. The molecule has 100 valence electrons. The number of methoxy groups -OCH3 is 2. The number of esters is 1. The third-order valence-corrected chi connectivity index (χ3v) is 3.72. The van der Waals surface area contributed by atoms with Gasteiger partial charge in [-0.15, -0.1) is 0 Å². The van der Waals surface area contributed by atoms with Crippen LogP contribution in [0, 0.1) is 11.8 Å². The summed E-state index contributed by atoms with van der Waals surface area (Å²) in [7, 11) is 3.09. The molecule has 1 atom stereocenters. The third kappa shape index (κ3) is 3.96. The highest BCUT2D eigenvalue weighted by atomic mass is 16.5. The van der Waals surface area contributed by atoms with Crippen molar-refractivity contribution in [3.63, 3.8) is 0 Å². The molecule has 1 aliphatic heterocycles. The fourth-order valence-electron chi connectivity index (χ4n) is 2.57. The van der Waals surface area contributed by atoms with Crippen LogP contribution in [0.25, 0.3) is 0 Å². The van der Waals surface area contributed by atoms with Crippen LogP contribution in [0.1, 0.15) is 26.7 Å². The molecule has 4 nitrogen and oxygen atoms in total. The Bertz CT molecular complexity index is 235. The Kier molecular flexibility index (Phi) is 5.92. The number of nitrogens with zero attached hydrogens (tertiary/aromatic N) is 1. The van der Waals surface area contributed by atoms with E-state index in [4.69, 9.17) is 9.47 Å². The lowest BCUT2D eigenvalue weighted by atomic mass is 9.84. The van der Waals surface area contributed by atoms with E-state index in [9.17, 15) is 4.79 Å². The lowest BCUT2D eigenvalue weighted by Gasteiger charge is -2.36. The summed E-state index contributed by atoms with van der Waals surface area (Å²) in [5.74, 6) is 0.173. The van der Waals surface area contributed by atoms with Crippen LogP contribution < -0.4 is 0 Å². The van der Waals surface area contributed by atoms with Crippen molar-refractivity contribution in [1.82, 2.24) is 4.90 Å². The molecule has 0 aromatic heterocycles. The van der Waals surface area contributed by atoms with Crippen molar-refractivity contribution < 1.29 is 14.3 Å². The molecule has 0 amide bonds. The first kappa shape index (κ1) is 14.5. The number of carbonyl (C=O) groups is 1. The average molecular weight is 243 g/mol. The first-order valence-electron chi connectivity index (χ1n) is 6.41. The van der Waals surface area contributed by atoms with E-state index in [1.807, 2.05) is 0 Å². The lowest BCUT2D eigenvalue weighted by molar-refractivity contribution is -0.150.